The van der Waals surface area contributed by atoms with E-state index in [0.717, 1.165) is 31.9 Å². The first kappa shape index (κ1) is 12.5. The molecule has 1 saturated carbocycles. The Bertz CT molecular complexity index is 437. The lowest BCUT2D eigenvalue weighted by atomic mass is 9.95. The average Bonchev–Trinajstić information content (AvgIpc) is 2.78. The van der Waals surface area contributed by atoms with Crippen LogP contribution >= 0.6 is 0 Å². The number of hydrogen-bond acceptors (Lipinski definition) is 4. The van der Waals surface area contributed by atoms with Gasteiger partial charge in [0.25, 0.3) is 0 Å². The van der Waals surface area contributed by atoms with Crippen LogP contribution in [0.4, 0.5) is 5.69 Å². The Hall–Kier alpha value is -1.92. The van der Waals surface area contributed by atoms with Crippen LogP contribution in [0.2, 0.25) is 0 Å². The first-order valence-electron chi connectivity index (χ1n) is 6.11. The van der Waals surface area contributed by atoms with Crippen LogP contribution in [0.15, 0.2) is 12.4 Å². The zero-order chi connectivity index (χ0) is 13.0. The van der Waals surface area contributed by atoms with Crippen LogP contribution in [-0.4, -0.2) is 26.7 Å². The lowest BCUT2D eigenvalue weighted by molar-refractivity contribution is -0.385. The molecule has 0 spiro atoms. The van der Waals surface area contributed by atoms with Crippen molar-refractivity contribution < 1.29 is 9.72 Å². The van der Waals surface area contributed by atoms with Crippen molar-refractivity contribution in [2.75, 3.05) is 0 Å². The summed E-state index contributed by atoms with van der Waals surface area (Å²) < 4.78 is 1.29. The van der Waals surface area contributed by atoms with E-state index in [1.165, 1.54) is 17.3 Å². The molecule has 0 saturated heterocycles. The third kappa shape index (κ3) is 3.28. The van der Waals surface area contributed by atoms with Crippen LogP contribution in [0, 0.1) is 10.1 Å². The second kappa shape index (κ2) is 5.61. The van der Waals surface area contributed by atoms with E-state index < -0.39 is 4.92 Å². The second-order valence-electron chi connectivity index (χ2n) is 4.56. The molecule has 0 aliphatic heterocycles. The number of rotatable bonds is 4. The van der Waals surface area contributed by atoms with Gasteiger partial charge in [0.05, 0.1) is 4.92 Å². The summed E-state index contributed by atoms with van der Waals surface area (Å²) in [6, 6.07) is 0.247. The van der Waals surface area contributed by atoms with Crippen LogP contribution in [0.25, 0.3) is 0 Å². The molecule has 1 fully saturated rings. The van der Waals surface area contributed by atoms with Crippen molar-refractivity contribution >= 4 is 11.6 Å². The van der Waals surface area contributed by atoms with E-state index in [9.17, 15) is 14.9 Å². The monoisotopic (exact) mass is 252 g/mol. The van der Waals surface area contributed by atoms with E-state index in [0.29, 0.717) is 0 Å². The third-order valence-corrected chi connectivity index (χ3v) is 3.11. The zero-order valence-corrected chi connectivity index (χ0v) is 10.0. The molecule has 0 radical (unpaired) electrons. The first-order chi connectivity index (χ1) is 8.65. The van der Waals surface area contributed by atoms with Crippen molar-refractivity contribution in [3.05, 3.63) is 22.5 Å². The van der Waals surface area contributed by atoms with Gasteiger partial charge in [-0.15, -0.1) is 0 Å². The van der Waals surface area contributed by atoms with Crippen LogP contribution in [0.1, 0.15) is 32.1 Å². The van der Waals surface area contributed by atoms with Crippen LogP contribution in [-0.2, 0) is 11.3 Å². The van der Waals surface area contributed by atoms with Gasteiger partial charge in [-0.05, 0) is 12.8 Å². The van der Waals surface area contributed by atoms with Crippen LogP contribution < -0.4 is 5.32 Å². The average molecular weight is 252 g/mol. The summed E-state index contributed by atoms with van der Waals surface area (Å²) >= 11 is 0. The predicted molar refractivity (Wildman–Crippen MR) is 63.9 cm³/mol. The molecule has 7 nitrogen and oxygen atoms in total. The second-order valence-corrected chi connectivity index (χ2v) is 4.56. The summed E-state index contributed by atoms with van der Waals surface area (Å²) in [6.07, 6.45) is 7.98. The van der Waals surface area contributed by atoms with Crippen molar-refractivity contribution in [2.24, 2.45) is 0 Å². The molecule has 0 bridgehead atoms. The number of hydrogen-bond donors (Lipinski definition) is 1. The molecule has 1 amide bonds. The number of aromatic nitrogens is 2. The van der Waals surface area contributed by atoms with E-state index in [4.69, 9.17) is 0 Å². The Kier molecular flexibility index (Phi) is 3.91. The van der Waals surface area contributed by atoms with Gasteiger partial charge < -0.3 is 5.32 Å². The van der Waals surface area contributed by atoms with Gasteiger partial charge in [-0.25, -0.2) is 0 Å². The summed E-state index contributed by atoms with van der Waals surface area (Å²) in [5.41, 5.74) is -0.0968. The number of amides is 1. The minimum atomic E-state index is -0.525. The maximum absolute atomic E-state index is 11.7. The standard InChI is InChI=1S/C11H16N4O3/c16-11(13-9-4-2-1-3-5-9)8-14-7-10(6-12-14)15(17)18/h6-7,9H,1-5,8H2,(H,13,16). The number of carbonyl (C=O) groups excluding carboxylic acids is 1. The van der Waals surface area contributed by atoms with Gasteiger partial charge in [0.1, 0.15) is 18.9 Å². The molecule has 1 N–H and O–H groups in total. The summed E-state index contributed by atoms with van der Waals surface area (Å²) in [5.74, 6) is -0.139. The minimum Gasteiger partial charge on any atom is -0.352 e. The maximum atomic E-state index is 11.7. The molecule has 1 aliphatic rings. The van der Waals surface area contributed by atoms with Crippen molar-refractivity contribution in [1.29, 1.82) is 0 Å². The minimum absolute atomic E-state index is 0.0321. The molecule has 2 rings (SSSR count). The normalized spacial score (nSPS) is 16.4. The molecule has 1 aliphatic carbocycles. The van der Waals surface area contributed by atoms with Gasteiger partial charge >= 0.3 is 5.69 Å². The van der Waals surface area contributed by atoms with Gasteiger partial charge in [0.2, 0.25) is 5.91 Å². The topological polar surface area (TPSA) is 90.1 Å². The van der Waals surface area contributed by atoms with Crippen molar-refractivity contribution in [2.45, 2.75) is 44.7 Å². The van der Waals surface area contributed by atoms with Crippen LogP contribution in [0.3, 0.4) is 0 Å². The smallest absolute Gasteiger partial charge is 0.307 e. The van der Waals surface area contributed by atoms with Crippen molar-refractivity contribution in [3.63, 3.8) is 0 Å². The molecule has 7 heteroatoms. The van der Waals surface area contributed by atoms with Crippen LogP contribution in [0.5, 0.6) is 0 Å². The van der Waals surface area contributed by atoms with E-state index in [2.05, 4.69) is 10.4 Å². The predicted octanol–water partition coefficient (Wildman–Crippen LogP) is 1.24. The molecule has 0 aromatic carbocycles. The van der Waals surface area contributed by atoms with E-state index >= 15 is 0 Å². The van der Waals surface area contributed by atoms with E-state index in [1.807, 2.05) is 0 Å². The number of carbonyl (C=O) groups is 1. The molecule has 0 atom stereocenters. The zero-order valence-electron chi connectivity index (χ0n) is 10.0. The number of nitro groups is 1. The highest BCUT2D eigenvalue weighted by Gasteiger charge is 2.16. The SMILES string of the molecule is O=C(Cn1cc([N+](=O)[O-])cn1)NC1CCCCC1. The van der Waals surface area contributed by atoms with Gasteiger partial charge in [-0.3, -0.25) is 19.6 Å². The highest BCUT2D eigenvalue weighted by molar-refractivity contribution is 5.76. The lowest BCUT2D eigenvalue weighted by Crippen LogP contribution is -2.38. The largest absolute Gasteiger partial charge is 0.352 e. The summed E-state index contributed by atoms with van der Waals surface area (Å²) in [6.45, 7) is 0.0321. The Balaban J connectivity index is 1.84. The summed E-state index contributed by atoms with van der Waals surface area (Å²) in [4.78, 5) is 21.7. The van der Waals surface area contributed by atoms with E-state index in [-0.39, 0.29) is 24.2 Å². The molecule has 1 heterocycles. The first-order valence-corrected chi connectivity index (χ1v) is 6.11. The fourth-order valence-electron chi connectivity index (χ4n) is 2.20. The Morgan fingerprint density at radius 3 is 2.83 bits per heavy atom. The molecular formula is C11H16N4O3. The maximum Gasteiger partial charge on any atom is 0.307 e. The van der Waals surface area contributed by atoms with E-state index in [1.54, 1.807) is 0 Å². The number of nitrogens with one attached hydrogen (secondary N) is 1. The Morgan fingerprint density at radius 2 is 2.22 bits per heavy atom. The molecule has 18 heavy (non-hydrogen) atoms. The summed E-state index contributed by atoms with van der Waals surface area (Å²) in [5, 5.41) is 17.2. The number of nitrogens with zero attached hydrogens (tertiary/aromatic N) is 3. The fraction of sp³-hybridized carbons (Fsp3) is 0.636. The Morgan fingerprint density at radius 1 is 1.50 bits per heavy atom. The summed E-state index contributed by atoms with van der Waals surface area (Å²) in [7, 11) is 0. The van der Waals surface area contributed by atoms with Gasteiger partial charge in [-0.2, -0.15) is 5.10 Å². The lowest BCUT2D eigenvalue weighted by Gasteiger charge is -2.22. The van der Waals surface area contributed by atoms with Gasteiger partial charge in [-0.1, -0.05) is 19.3 Å². The quantitative estimate of drug-likeness (QED) is 0.644. The highest BCUT2D eigenvalue weighted by Crippen LogP contribution is 2.17. The van der Waals surface area contributed by atoms with Crippen molar-refractivity contribution in [1.82, 2.24) is 15.1 Å². The molecule has 0 unspecified atom stereocenters. The van der Waals surface area contributed by atoms with Gasteiger partial charge in [0.15, 0.2) is 0 Å². The molecule has 1 aromatic heterocycles. The third-order valence-electron chi connectivity index (χ3n) is 3.11. The van der Waals surface area contributed by atoms with Crippen molar-refractivity contribution in [3.8, 4) is 0 Å². The molecular weight excluding hydrogens is 236 g/mol. The fourth-order valence-corrected chi connectivity index (χ4v) is 2.20. The highest BCUT2D eigenvalue weighted by atomic mass is 16.6. The Labute approximate surface area is 104 Å². The molecule has 98 valence electrons. The van der Waals surface area contributed by atoms with Gasteiger partial charge in [0, 0.05) is 6.04 Å². The molecule has 1 aromatic rings.